The van der Waals surface area contributed by atoms with E-state index in [1.165, 1.54) is 17.3 Å². The molecule has 1 atom stereocenters. The summed E-state index contributed by atoms with van der Waals surface area (Å²) in [6.07, 6.45) is 0.960. The zero-order valence-electron chi connectivity index (χ0n) is 19.1. The first kappa shape index (κ1) is 24.7. The van der Waals surface area contributed by atoms with Crippen LogP contribution in [0.4, 0.5) is 14.5 Å². The number of aryl methyl sites for hydroxylation is 1. The van der Waals surface area contributed by atoms with Crippen molar-refractivity contribution < 1.29 is 18.3 Å². The van der Waals surface area contributed by atoms with Crippen molar-refractivity contribution in [3.63, 3.8) is 0 Å². The quantitative estimate of drug-likeness (QED) is 0.395. The minimum atomic E-state index is -0.698. The molecular weight excluding hydrogens is 446 g/mol. The van der Waals surface area contributed by atoms with Gasteiger partial charge in [0.1, 0.15) is 24.0 Å². The third kappa shape index (κ3) is 6.77. The van der Waals surface area contributed by atoms with E-state index >= 15 is 0 Å². The van der Waals surface area contributed by atoms with E-state index in [1.807, 2.05) is 28.8 Å². The SMILES string of the molecule is CCc1ccc(OCc2nnc(SC(C)C(=O)Nc3cc(F)ccc3F)n2CC(C)C)cc1. The molecule has 0 spiro atoms. The molecule has 0 aliphatic rings. The van der Waals surface area contributed by atoms with Crippen molar-refractivity contribution >= 4 is 23.4 Å². The van der Waals surface area contributed by atoms with Gasteiger partial charge in [-0.2, -0.15) is 0 Å². The molecular formula is C24H28F2N4O2S. The Bertz CT molecular complexity index is 1090. The van der Waals surface area contributed by atoms with Crippen molar-refractivity contribution in [2.24, 2.45) is 5.92 Å². The van der Waals surface area contributed by atoms with Gasteiger partial charge >= 0.3 is 0 Å². The van der Waals surface area contributed by atoms with Crippen LogP contribution in [0.1, 0.15) is 39.1 Å². The summed E-state index contributed by atoms with van der Waals surface area (Å²) in [7, 11) is 0. The van der Waals surface area contributed by atoms with Gasteiger partial charge in [0.2, 0.25) is 5.91 Å². The summed E-state index contributed by atoms with van der Waals surface area (Å²) in [5, 5.41) is 10.9. The largest absolute Gasteiger partial charge is 0.486 e. The first-order valence-corrected chi connectivity index (χ1v) is 11.7. The van der Waals surface area contributed by atoms with Crippen molar-refractivity contribution in [1.29, 1.82) is 0 Å². The lowest BCUT2D eigenvalue weighted by molar-refractivity contribution is -0.115. The number of aromatic nitrogens is 3. The van der Waals surface area contributed by atoms with E-state index in [1.54, 1.807) is 6.92 Å². The molecule has 1 unspecified atom stereocenters. The lowest BCUT2D eigenvalue weighted by Gasteiger charge is -2.15. The summed E-state index contributed by atoms with van der Waals surface area (Å²) in [6, 6.07) is 10.8. The highest BCUT2D eigenvalue weighted by Gasteiger charge is 2.22. The average molecular weight is 475 g/mol. The molecule has 3 rings (SSSR count). The molecule has 0 saturated heterocycles. The van der Waals surface area contributed by atoms with Crippen molar-refractivity contribution in [2.45, 2.75) is 57.7 Å². The first-order valence-electron chi connectivity index (χ1n) is 10.8. The van der Waals surface area contributed by atoms with Gasteiger partial charge in [0.25, 0.3) is 0 Å². The fourth-order valence-electron chi connectivity index (χ4n) is 3.07. The smallest absolute Gasteiger partial charge is 0.237 e. The number of halogens is 2. The second kappa shape index (κ2) is 11.3. The monoisotopic (exact) mass is 474 g/mol. The minimum Gasteiger partial charge on any atom is -0.486 e. The number of carbonyl (C=O) groups is 1. The van der Waals surface area contributed by atoms with Gasteiger partial charge in [0, 0.05) is 12.6 Å². The molecule has 9 heteroatoms. The van der Waals surface area contributed by atoms with Crippen LogP contribution in [0.15, 0.2) is 47.6 Å². The van der Waals surface area contributed by atoms with Crippen LogP contribution in [0.25, 0.3) is 0 Å². The van der Waals surface area contributed by atoms with Gasteiger partial charge in [-0.1, -0.05) is 44.7 Å². The van der Waals surface area contributed by atoms with Gasteiger partial charge < -0.3 is 14.6 Å². The van der Waals surface area contributed by atoms with Gasteiger partial charge in [-0.25, -0.2) is 8.78 Å². The predicted molar refractivity (Wildman–Crippen MR) is 125 cm³/mol. The second-order valence-electron chi connectivity index (χ2n) is 8.06. The zero-order chi connectivity index (χ0) is 24.0. The molecule has 0 saturated carbocycles. The summed E-state index contributed by atoms with van der Waals surface area (Å²) < 4.78 is 35.1. The van der Waals surface area contributed by atoms with E-state index in [2.05, 4.69) is 36.3 Å². The molecule has 0 bridgehead atoms. The summed E-state index contributed by atoms with van der Waals surface area (Å²) >= 11 is 1.20. The summed E-state index contributed by atoms with van der Waals surface area (Å²) in [5.41, 5.74) is 1.04. The highest BCUT2D eigenvalue weighted by Crippen LogP contribution is 2.26. The fourth-order valence-corrected chi connectivity index (χ4v) is 3.95. The molecule has 1 N–H and O–H groups in total. The zero-order valence-corrected chi connectivity index (χ0v) is 20.0. The number of ether oxygens (including phenoxy) is 1. The highest BCUT2D eigenvalue weighted by molar-refractivity contribution is 8.00. The van der Waals surface area contributed by atoms with Crippen LogP contribution in [-0.2, 0) is 24.4 Å². The Morgan fingerprint density at radius 1 is 1.12 bits per heavy atom. The van der Waals surface area contributed by atoms with Crippen molar-refractivity contribution in [1.82, 2.24) is 14.8 Å². The first-order chi connectivity index (χ1) is 15.8. The van der Waals surface area contributed by atoms with Gasteiger partial charge in [0.15, 0.2) is 11.0 Å². The number of nitrogens with zero attached hydrogens (tertiary/aromatic N) is 3. The van der Waals surface area contributed by atoms with Crippen LogP contribution < -0.4 is 10.1 Å². The van der Waals surface area contributed by atoms with Crippen LogP contribution in [0, 0.1) is 17.6 Å². The lowest BCUT2D eigenvalue weighted by atomic mass is 10.2. The third-order valence-corrected chi connectivity index (χ3v) is 5.96. The Labute approximate surface area is 196 Å². The molecule has 176 valence electrons. The van der Waals surface area contributed by atoms with Gasteiger partial charge in [-0.15, -0.1) is 10.2 Å². The molecule has 3 aromatic rings. The van der Waals surface area contributed by atoms with E-state index < -0.39 is 22.8 Å². The Morgan fingerprint density at radius 3 is 2.52 bits per heavy atom. The number of thioether (sulfide) groups is 1. The van der Waals surface area contributed by atoms with Crippen LogP contribution in [0.5, 0.6) is 5.75 Å². The molecule has 0 radical (unpaired) electrons. The van der Waals surface area contributed by atoms with Gasteiger partial charge in [-0.05, 0) is 49.1 Å². The highest BCUT2D eigenvalue weighted by atomic mass is 32.2. The Balaban J connectivity index is 1.70. The normalized spacial score (nSPS) is 12.1. The maximum atomic E-state index is 13.9. The molecule has 0 fully saturated rings. The number of hydrogen-bond donors (Lipinski definition) is 1. The molecule has 1 heterocycles. The second-order valence-corrected chi connectivity index (χ2v) is 9.37. The maximum Gasteiger partial charge on any atom is 0.237 e. The van der Waals surface area contributed by atoms with E-state index in [4.69, 9.17) is 4.74 Å². The van der Waals surface area contributed by atoms with Gasteiger partial charge in [0.05, 0.1) is 10.9 Å². The van der Waals surface area contributed by atoms with Crippen molar-refractivity contribution in [2.75, 3.05) is 5.32 Å². The number of benzene rings is 2. The van der Waals surface area contributed by atoms with Crippen LogP contribution >= 0.6 is 11.8 Å². The number of carbonyl (C=O) groups excluding carboxylic acids is 1. The number of amides is 1. The lowest BCUT2D eigenvalue weighted by Crippen LogP contribution is -2.24. The fraction of sp³-hybridized carbons (Fsp3) is 0.375. The van der Waals surface area contributed by atoms with E-state index in [-0.39, 0.29) is 12.3 Å². The topological polar surface area (TPSA) is 69.0 Å². The summed E-state index contributed by atoms with van der Waals surface area (Å²) in [6.45, 7) is 8.81. The molecule has 1 amide bonds. The molecule has 1 aromatic heterocycles. The number of rotatable bonds is 10. The molecule has 6 nitrogen and oxygen atoms in total. The maximum absolute atomic E-state index is 13.9. The van der Waals surface area contributed by atoms with Crippen LogP contribution in [-0.4, -0.2) is 25.9 Å². The Morgan fingerprint density at radius 2 is 1.85 bits per heavy atom. The third-order valence-electron chi connectivity index (χ3n) is 4.88. The van der Waals surface area contributed by atoms with Crippen LogP contribution in [0.2, 0.25) is 0 Å². The standard InChI is InChI=1S/C24H28F2N4O2S/c1-5-17-6-9-19(10-7-17)32-14-22-28-29-24(30(22)13-15(2)3)33-16(4)23(31)27-21-12-18(25)8-11-20(21)26/h6-12,15-16H,5,13-14H2,1-4H3,(H,27,31). The van der Waals surface area contributed by atoms with Crippen molar-refractivity contribution in [3.05, 3.63) is 65.5 Å². The van der Waals surface area contributed by atoms with E-state index in [0.717, 1.165) is 30.4 Å². The van der Waals surface area contributed by atoms with E-state index in [9.17, 15) is 13.6 Å². The minimum absolute atomic E-state index is 0.195. The van der Waals surface area contributed by atoms with Crippen LogP contribution in [0.3, 0.4) is 0 Å². The predicted octanol–water partition coefficient (Wildman–Crippen LogP) is 5.47. The molecule has 33 heavy (non-hydrogen) atoms. The summed E-state index contributed by atoms with van der Waals surface area (Å²) in [4.78, 5) is 12.6. The Kier molecular flexibility index (Phi) is 8.43. The number of nitrogens with one attached hydrogen (secondary N) is 1. The molecule has 2 aromatic carbocycles. The Hall–Kier alpha value is -2.94. The average Bonchev–Trinajstić information content (AvgIpc) is 3.15. The van der Waals surface area contributed by atoms with Crippen molar-refractivity contribution in [3.8, 4) is 5.75 Å². The molecule has 0 aliphatic carbocycles. The number of anilines is 1. The molecule has 0 aliphatic heterocycles. The summed E-state index contributed by atoms with van der Waals surface area (Å²) in [5.74, 6) is -0.0835. The number of hydrogen-bond acceptors (Lipinski definition) is 5. The van der Waals surface area contributed by atoms with Gasteiger partial charge in [-0.3, -0.25) is 4.79 Å². The van der Waals surface area contributed by atoms with E-state index in [0.29, 0.717) is 23.4 Å².